The molecule has 0 saturated carbocycles. The predicted molar refractivity (Wildman–Crippen MR) is 79.5 cm³/mol. The van der Waals surface area contributed by atoms with Crippen molar-refractivity contribution in [1.29, 1.82) is 0 Å². The Morgan fingerprint density at radius 3 is 2.30 bits per heavy atom. The molecule has 20 heavy (non-hydrogen) atoms. The summed E-state index contributed by atoms with van der Waals surface area (Å²) in [4.78, 5) is 3.32. The Morgan fingerprint density at radius 1 is 1.00 bits per heavy atom. The van der Waals surface area contributed by atoms with Gasteiger partial charge >= 0.3 is 0 Å². The molecule has 0 amide bonds. The monoisotopic (exact) mass is 288 g/mol. The van der Waals surface area contributed by atoms with Gasteiger partial charge in [-0.3, -0.25) is 0 Å². The van der Waals surface area contributed by atoms with Crippen molar-refractivity contribution in [2.24, 2.45) is 5.73 Å². The summed E-state index contributed by atoms with van der Waals surface area (Å²) >= 11 is 5.06. The third-order valence-corrected chi connectivity index (χ3v) is 3.34. The minimum absolute atomic E-state index is 0.168. The van der Waals surface area contributed by atoms with E-state index >= 15 is 0 Å². The normalized spacial score (nSPS) is 10.9. The molecule has 2 aromatic carbocycles. The van der Waals surface area contributed by atoms with Crippen LogP contribution in [0.5, 0.6) is 0 Å². The molecule has 0 radical (unpaired) electrons. The second kappa shape index (κ2) is 4.68. The molecule has 1 heterocycles. The van der Waals surface area contributed by atoms with Crippen LogP contribution in [0.3, 0.4) is 0 Å². The largest absolute Gasteiger partial charge is 0.389 e. The average molecular weight is 288 g/mol. The SMILES string of the molecule is NC(=S)c1c(-c2ccc(F)cc2)[nH]c2ccc(F)cc12. The van der Waals surface area contributed by atoms with Gasteiger partial charge in [0.05, 0.1) is 5.69 Å². The molecule has 3 rings (SSSR count). The van der Waals surface area contributed by atoms with E-state index in [1.807, 2.05) is 0 Å². The van der Waals surface area contributed by atoms with Crippen LogP contribution in [0.4, 0.5) is 8.78 Å². The number of thiocarbonyl (C=S) groups is 1. The highest BCUT2D eigenvalue weighted by Gasteiger charge is 2.15. The highest BCUT2D eigenvalue weighted by atomic mass is 32.1. The van der Waals surface area contributed by atoms with Crippen LogP contribution >= 0.6 is 12.2 Å². The van der Waals surface area contributed by atoms with E-state index in [9.17, 15) is 8.78 Å². The molecule has 0 atom stereocenters. The molecule has 0 saturated heterocycles. The van der Waals surface area contributed by atoms with Crippen LogP contribution in [-0.4, -0.2) is 9.97 Å². The smallest absolute Gasteiger partial charge is 0.123 e. The molecule has 0 bridgehead atoms. The van der Waals surface area contributed by atoms with Crippen LogP contribution in [0, 0.1) is 11.6 Å². The van der Waals surface area contributed by atoms with Gasteiger partial charge in [-0.05, 0) is 48.0 Å². The maximum absolute atomic E-state index is 13.4. The lowest BCUT2D eigenvalue weighted by molar-refractivity contribution is 0.628. The van der Waals surface area contributed by atoms with Crippen LogP contribution in [0.2, 0.25) is 0 Å². The van der Waals surface area contributed by atoms with Crippen molar-refractivity contribution in [1.82, 2.24) is 4.98 Å². The summed E-state index contributed by atoms with van der Waals surface area (Å²) in [7, 11) is 0. The molecule has 0 fully saturated rings. The van der Waals surface area contributed by atoms with Crippen LogP contribution in [0.1, 0.15) is 5.56 Å². The molecular weight excluding hydrogens is 278 g/mol. The fourth-order valence-electron chi connectivity index (χ4n) is 2.25. The van der Waals surface area contributed by atoms with E-state index in [0.717, 1.165) is 11.1 Å². The molecule has 100 valence electrons. The number of nitrogens with two attached hydrogens (primary N) is 1. The molecule has 0 aliphatic rings. The quantitative estimate of drug-likeness (QED) is 0.705. The van der Waals surface area contributed by atoms with Gasteiger partial charge in [0.2, 0.25) is 0 Å². The third kappa shape index (κ3) is 2.06. The summed E-state index contributed by atoms with van der Waals surface area (Å²) in [6.45, 7) is 0. The van der Waals surface area contributed by atoms with Crippen molar-refractivity contribution >= 4 is 28.1 Å². The minimum atomic E-state index is -0.361. The zero-order valence-corrected chi connectivity index (χ0v) is 11.1. The first-order valence-electron chi connectivity index (χ1n) is 5.93. The number of halogens is 2. The molecule has 0 spiro atoms. The van der Waals surface area contributed by atoms with Crippen molar-refractivity contribution in [2.45, 2.75) is 0 Å². The number of H-pyrrole nitrogens is 1. The van der Waals surface area contributed by atoms with Crippen molar-refractivity contribution < 1.29 is 8.78 Å². The van der Waals surface area contributed by atoms with Crippen LogP contribution in [0.25, 0.3) is 22.2 Å². The molecule has 3 aromatic rings. The number of nitrogens with one attached hydrogen (secondary N) is 1. The fraction of sp³-hybridized carbons (Fsp3) is 0. The summed E-state index contributed by atoms with van der Waals surface area (Å²) in [6.07, 6.45) is 0. The number of rotatable bonds is 2. The van der Waals surface area contributed by atoms with Gasteiger partial charge in [0.15, 0.2) is 0 Å². The lowest BCUT2D eigenvalue weighted by Gasteiger charge is -2.03. The molecule has 0 aliphatic carbocycles. The summed E-state index contributed by atoms with van der Waals surface area (Å²) in [5, 5.41) is 0.622. The van der Waals surface area contributed by atoms with Gasteiger partial charge in [0, 0.05) is 16.5 Å². The first-order chi connectivity index (χ1) is 9.56. The van der Waals surface area contributed by atoms with Gasteiger partial charge in [-0.1, -0.05) is 12.2 Å². The second-order valence-electron chi connectivity index (χ2n) is 4.44. The number of fused-ring (bicyclic) bond motifs is 1. The van der Waals surface area contributed by atoms with Crippen molar-refractivity contribution in [3.8, 4) is 11.3 Å². The average Bonchev–Trinajstić information content (AvgIpc) is 2.78. The standard InChI is InChI=1S/C15H10F2N2S/c16-9-3-1-8(2-4-9)14-13(15(18)20)11-7-10(17)5-6-12(11)19-14/h1-7,19H,(H2,18,20). The summed E-state index contributed by atoms with van der Waals surface area (Å²) in [6, 6.07) is 10.3. The molecule has 1 aromatic heterocycles. The van der Waals surface area contributed by atoms with Crippen molar-refractivity contribution in [3.63, 3.8) is 0 Å². The Balaban J connectivity index is 2.32. The lowest BCUT2D eigenvalue weighted by Crippen LogP contribution is -2.10. The van der Waals surface area contributed by atoms with E-state index in [4.69, 9.17) is 18.0 Å². The highest BCUT2D eigenvalue weighted by Crippen LogP contribution is 2.30. The first kappa shape index (κ1) is 12.7. The van der Waals surface area contributed by atoms with E-state index in [1.54, 1.807) is 18.2 Å². The molecule has 3 N–H and O–H groups in total. The Hall–Kier alpha value is -2.27. The Labute approximate surface area is 119 Å². The minimum Gasteiger partial charge on any atom is -0.389 e. The Bertz CT molecular complexity index is 807. The highest BCUT2D eigenvalue weighted by molar-refractivity contribution is 7.80. The van der Waals surface area contributed by atoms with Crippen molar-refractivity contribution in [3.05, 3.63) is 59.7 Å². The molecule has 0 aliphatic heterocycles. The molecule has 0 unspecified atom stereocenters. The second-order valence-corrected chi connectivity index (χ2v) is 4.88. The summed E-state index contributed by atoms with van der Waals surface area (Å²) in [5.74, 6) is -0.688. The predicted octanol–water partition coefficient (Wildman–Crippen LogP) is 3.75. The molecule has 5 heteroatoms. The number of hydrogen-bond donors (Lipinski definition) is 2. The van der Waals surface area contributed by atoms with Gasteiger partial charge in [0.25, 0.3) is 0 Å². The van der Waals surface area contributed by atoms with Crippen LogP contribution in [0.15, 0.2) is 42.5 Å². The van der Waals surface area contributed by atoms with Gasteiger partial charge in [0.1, 0.15) is 16.6 Å². The Morgan fingerprint density at radius 2 is 1.65 bits per heavy atom. The van der Waals surface area contributed by atoms with E-state index in [0.29, 0.717) is 16.6 Å². The first-order valence-corrected chi connectivity index (χ1v) is 6.34. The van der Waals surface area contributed by atoms with E-state index in [1.165, 1.54) is 24.3 Å². The lowest BCUT2D eigenvalue weighted by atomic mass is 10.1. The maximum atomic E-state index is 13.4. The molecule has 2 nitrogen and oxygen atoms in total. The number of benzene rings is 2. The number of hydrogen-bond acceptors (Lipinski definition) is 1. The third-order valence-electron chi connectivity index (χ3n) is 3.14. The van der Waals surface area contributed by atoms with Gasteiger partial charge in [-0.25, -0.2) is 8.78 Å². The fourth-order valence-corrected chi connectivity index (χ4v) is 2.47. The van der Waals surface area contributed by atoms with Gasteiger partial charge in [-0.15, -0.1) is 0 Å². The number of aromatic nitrogens is 1. The maximum Gasteiger partial charge on any atom is 0.123 e. The summed E-state index contributed by atoms with van der Waals surface area (Å²) in [5.41, 5.74) is 8.46. The van der Waals surface area contributed by atoms with E-state index in [-0.39, 0.29) is 16.6 Å². The summed E-state index contributed by atoms with van der Waals surface area (Å²) < 4.78 is 26.4. The van der Waals surface area contributed by atoms with E-state index in [2.05, 4.69) is 4.98 Å². The molecular formula is C15H10F2N2S. The zero-order valence-electron chi connectivity index (χ0n) is 10.3. The zero-order chi connectivity index (χ0) is 14.3. The Kier molecular flexibility index (Phi) is 2.99. The van der Waals surface area contributed by atoms with Crippen molar-refractivity contribution in [2.75, 3.05) is 0 Å². The van der Waals surface area contributed by atoms with Gasteiger partial charge < -0.3 is 10.7 Å². The number of aromatic amines is 1. The van der Waals surface area contributed by atoms with Crippen LogP contribution in [-0.2, 0) is 0 Å². The van der Waals surface area contributed by atoms with Gasteiger partial charge in [-0.2, -0.15) is 0 Å². The van der Waals surface area contributed by atoms with E-state index < -0.39 is 0 Å². The topological polar surface area (TPSA) is 41.8 Å². The van der Waals surface area contributed by atoms with Crippen LogP contribution < -0.4 is 5.73 Å².